The highest BCUT2D eigenvalue weighted by molar-refractivity contribution is 7.98. The van der Waals surface area contributed by atoms with Gasteiger partial charge in [-0.15, -0.1) is 0 Å². The second-order valence-electron chi connectivity index (χ2n) is 5.25. The van der Waals surface area contributed by atoms with Crippen LogP contribution >= 0.6 is 7.26 Å². The van der Waals surface area contributed by atoms with Gasteiger partial charge < -0.3 is 4.74 Å². The molecule has 0 spiro atoms. The number of ether oxygens (including phenoxy) is 1. The molecule has 0 unspecified atom stereocenters. The second-order valence-corrected chi connectivity index (χ2v) is 8.54. The smallest absolute Gasteiger partial charge is 0.140 e. The molecular formula is C21H20OP+. The van der Waals surface area contributed by atoms with E-state index in [1.54, 1.807) is 7.11 Å². The molecule has 0 radical (unpaired) electrons. The van der Waals surface area contributed by atoms with Crippen molar-refractivity contribution < 1.29 is 4.74 Å². The van der Waals surface area contributed by atoms with Gasteiger partial charge in [-0.2, -0.15) is 0 Å². The van der Waals surface area contributed by atoms with Crippen molar-refractivity contribution in [3.63, 3.8) is 0 Å². The molecule has 0 aliphatic rings. The van der Waals surface area contributed by atoms with Crippen LogP contribution in [-0.2, 0) is 4.74 Å². The monoisotopic (exact) mass is 319 g/mol. The lowest BCUT2D eigenvalue weighted by atomic mass is 10.4. The molecule has 23 heavy (non-hydrogen) atoms. The standard InChI is InChI=1S/C21H20OP/c1-22-17-18-23(19-11-5-2-6-12-19,20-13-7-3-8-14-20)21-15-9-4-10-16-21/h2-18H,1H3/q+1. The Morgan fingerprint density at radius 2 is 0.957 bits per heavy atom. The van der Waals surface area contributed by atoms with E-state index in [9.17, 15) is 0 Å². The molecular weight excluding hydrogens is 299 g/mol. The van der Waals surface area contributed by atoms with Crippen LogP contribution in [-0.4, -0.2) is 7.11 Å². The summed E-state index contributed by atoms with van der Waals surface area (Å²) in [5, 5.41) is 3.97. The summed E-state index contributed by atoms with van der Waals surface area (Å²) in [7, 11) is -0.175. The first-order chi connectivity index (χ1) is 11.4. The van der Waals surface area contributed by atoms with Crippen LogP contribution < -0.4 is 15.9 Å². The zero-order valence-corrected chi connectivity index (χ0v) is 14.1. The van der Waals surface area contributed by atoms with Gasteiger partial charge in [0.2, 0.25) is 0 Å². The molecule has 2 heteroatoms. The fourth-order valence-corrected chi connectivity index (χ4v) is 6.49. The summed E-state index contributed by atoms with van der Waals surface area (Å²) in [4.78, 5) is 0. The summed E-state index contributed by atoms with van der Waals surface area (Å²) < 4.78 is 5.31. The van der Waals surface area contributed by atoms with Crippen LogP contribution in [0.5, 0.6) is 0 Å². The molecule has 0 aromatic heterocycles. The SMILES string of the molecule is COC=C[P+](c1ccccc1)(c1ccccc1)c1ccccc1. The fraction of sp³-hybridized carbons (Fsp3) is 0.0476. The molecule has 1 nitrogen and oxygen atoms in total. The Morgan fingerprint density at radius 3 is 1.26 bits per heavy atom. The second kappa shape index (κ2) is 7.26. The summed E-state index contributed by atoms with van der Waals surface area (Å²) >= 11 is 0. The third kappa shape index (κ3) is 3.06. The van der Waals surface area contributed by atoms with E-state index in [0.717, 1.165) is 0 Å². The molecule has 3 rings (SSSR count). The number of hydrogen-bond donors (Lipinski definition) is 0. The van der Waals surface area contributed by atoms with Crippen molar-refractivity contribution in [1.29, 1.82) is 0 Å². The van der Waals surface area contributed by atoms with Crippen LogP contribution in [0.4, 0.5) is 0 Å². The molecule has 0 saturated carbocycles. The summed E-state index contributed by atoms with van der Waals surface area (Å²) in [6.07, 6.45) is 1.82. The van der Waals surface area contributed by atoms with Crippen LogP contribution in [0.3, 0.4) is 0 Å². The van der Waals surface area contributed by atoms with Gasteiger partial charge in [0, 0.05) is 0 Å². The normalized spacial score (nSPS) is 11.5. The predicted octanol–water partition coefficient (Wildman–Crippen LogP) is 4.10. The minimum atomic E-state index is -1.88. The number of hydrogen-bond acceptors (Lipinski definition) is 1. The zero-order valence-electron chi connectivity index (χ0n) is 13.2. The van der Waals surface area contributed by atoms with Gasteiger partial charge in [-0.25, -0.2) is 0 Å². The summed E-state index contributed by atoms with van der Waals surface area (Å²) in [6.45, 7) is 0. The van der Waals surface area contributed by atoms with Crippen molar-refractivity contribution >= 4 is 23.2 Å². The van der Waals surface area contributed by atoms with Gasteiger partial charge in [0.05, 0.1) is 7.11 Å². The number of methoxy groups -OCH3 is 1. The summed E-state index contributed by atoms with van der Waals surface area (Å²) in [5.74, 6) is 2.24. The predicted molar refractivity (Wildman–Crippen MR) is 101 cm³/mol. The average molecular weight is 319 g/mol. The molecule has 3 aromatic rings. The van der Waals surface area contributed by atoms with Crippen LogP contribution in [0.1, 0.15) is 0 Å². The lowest BCUT2D eigenvalue weighted by Gasteiger charge is -2.23. The van der Waals surface area contributed by atoms with Crippen LogP contribution in [0, 0.1) is 0 Å². The molecule has 0 amide bonds. The van der Waals surface area contributed by atoms with E-state index in [2.05, 4.69) is 96.8 Å². The van der Waals surface area contributed by atoms with Crippen molar-refractivity contribution in [2.24, 2.45) is 0 Å². The van der Waals surface area contributed by atoms with Crippen LogP contribution in [0.15, 0.2) is 103 Å². The summed E-state index contributed by atoms with van der Waals surface area (Å²) in [6, 6.07) is 32.1. The Morgan fingerprint density at radius 1 is 0.609 bits per heavy atom. The maximum atomic E-state index is 5.31. The van der Waals surface area contributed by atoms with E-state index in [0.29, 0.717) is 0 Å². The highest BCUT2D eigenvalue weighted by Crippen LogP contribution is 2.56. The van der Waals surface area contributed by atoms with E-state index in [4.69, 9.17) is 4.74 Å². The molecule has 0 atom stereocenters. The quantitative estimate of drug-likeness (QED) is 0.508. The Balaban J connectivity index is 2.33. The first-order valence-electron chi connectivity index (χ1n) is 7.64. The van der Waals surface area contributed by atoms with E-state index >= 15 is 0 Å². The van der Waals surface area contributed by atoms with E-state index in [-0.39, 0.29) is 0 Å². The van der Waals surface area contributed by atoms with Gasteiger partial charge in [-0.1, -0.05) is 54.6 Å². The largest absolute Gasteiger partial charge is 0.501 e. The third-order valence-electron chi connectivity index (χ3n) is 3.91. The van der Waals surface area contributed by atoms with Gasteiger partial charge in [0.1, 0.15) is 35.3 Å². The van der Waals surface area contributed by atoms with Gasteiger partial charge in [-0.05, 0) is 36.4 Å². The van der Waals surface area contributed by atoms with Crippen molar-refractivity contribution in [3.05, 3.63) is 103 Å². The van der Waals surface area contributed by atoms with Gasteiger partial charge >= 0.3 is 0 Å². The molecule has 0 saturated heterocycles. The van der Waals surface area contributed by atoms with Gasteiger partial charge in [0.25, 0.3) is 0 Å². The molecule has 3 aromatic carbocycles. The van der Waals surface area contributed by atoms with Gasteiger partial charge in [-0.3, -0.25) is 0 Å². The molecule has 0 aliphatic carbocycles. The Hall–Kier alpha value is -2.37. The maximum Gasteiger partial charge on any atom is 0.140 e. The lowest BCUT2D eigenvalue weighted by molar-refractivity contribution is 0.339. The lowest BCUT2D eigenvalue weighted by Crippen LogP contribution is -2.29. The number of benzene rings is 3. The maximum absolute atomic E-state index is 5.31. The molecule has 0 N–H and O–H groups in total. The minimum absolute atomic E-state index is 1.32. The van der Waals surface area contributed by atoms with E-state index in [1.165, 1.54) is 15.9 Å². The number of rotatable bonds is 5. The highest BCUT2D eigenvalue weighted by Gasteiger charge is 2.43. The topological polar surface area (TPSA) is 9.23 Å². The average Bonchev–Trinajstić information content (AvgIpc) is 2.65. The molecule has 0 heterocycles. The zero-order chi connectivity index (χ0) is 16.0. The van der Waals surface area contributed by atoms with Crippen molar-refractivity contribution in [2.45, 2.75) is 0 Å². The Labute approximate surface area is 138 Å². The van der Waals surface area contributed by atoms with E-state index < -0.39 is 7.26 Å². The minimum Gasteiger partial charge on any atom is -0.501 e. The molecule has 114 valence electrons. The van der Waals surface area contributed by atoms with Gasteiger partial charge in [0.15, 0.2) is 0 Å². The van der Waals surface area contributed by atoms with Crippen molar-refractivity contribution in [3.8, 4) is 0 Å². The van der Waals surface area contributed by atoms with E-state index in [1.807, 2.05) is 6.26 Å². The fourth-order valence-electron chi connectivity index (χ4n) is 2.85. The summed E-state index contributed by atoms with van der Waals surface area (Å²) in [5.41, 5.74) is 0. The Bertz CT molecular complexity index is 655. The first kappa shape index (κ1) is 15.5. The van der Waals surface area contributed by atoms with Crippen LogP contribution in [0.25, 0.3) is 0 Å². The first-order valence-corrected chi connectivity index (χ1v) is 9.50. The van der Waals surface area contributed by atoms with Crippen molar-refractivity contribution in [1.82, 2.24) is 0 Å². The van der Waals surface area contributed by atoms with Crippen molar-refractivity contribution in [2.75, 3.05) is 7.11 Å². The molecule has 0 aliphatic heterocycles. The third-order valence-corrected chi connectivity index (χ3v) is 7.82. The van der Waals surface area contributed by atoms with Crippen LogP contribution in [0.2, 0.25) is 0 Å². The Kier molecular flexibility index (Phi) is 4.90. The molecule has 0 bridgehead atoms. The highest BCUT2D eigenvalue weighted by atomic mass is 31.2. The molecule has 0 fully saturated rings.